The fourth-order valence-corrected chi connectivity index (χ4v) is 7.74. The Morgan fingerprint density at radius 1 is 1.00 bits per heavy atom. The Morgan fingerprint density at radius 2 is 1.79 bits per heavy atom. The summed E-state index contributed by atoms with van der Waals surface area (Å²) in [4.78, 5) is 14.3. The molecule has 2 aliphatic heterocycles. The quantitative estimate of drug-likeness (QED) is 0.348. The predicted octanol–water partition coefficient (Wildman–Crippen LogP) is 4.38. The second-order valence-electron chi connectivity index (χ2n) is 10.6. The molecule has 9 nitrogen and oxygen atoms in total. The van der Waals surface area contributed by atoms with Gasteiger partial charge in [-0.3, -0.25) is 9.88 Å². The molecule has 206 valence electrons. The normalized spacial score (nSPS) is 20.0. The molecule has 39 heavy (non-hydrogen) atoms. The van der Waals surface area contributed by atoms with Crippen LogP contribution >= 0.6 is 0 Å². The number of methoxy groups -OCH3 is 1. The number of rotatable bonds is 8. The maximum atomic E-state index is 13.4. The number of hydrogen-bond acceptors (Lipinski definition) is 7. The summed E-state index contributed by atoms with van der Waals surface area (Å²) < 4.78 is 39.6. The van der Waals surface area contributed by atoms with Gasteiger partial charge in [-0.2, -0.15) is 0 Å². The highest BCUT2D eigenvalue weighted by Gasteiger charge is 2.32. The van der Waals surface area contributed by atoms with E-state index in [-0.39, 0.29) is 11.8 Å². The van der Waals surface area contributed by atoms with E-state index in [9.17, 15) is 8.42 Å². The summed E-state index contributed by atoms with van der Waals surface area (Å²) in [6.45, 7) is 3.12. The number of ether oxygens (including phenoxy) is 2. The Bertz CT molecular complexity index is 1530. The lowest BCUT2D eigenvalue weighted by Gasteiger charge is -2.36. The molecule has 6 rings (SSSR count). The average molecular weight is 550 g/mol. The van der Waals surface area contributed by atoms with Crippen molar-refractivity contribution in [1.82, 2.24) is 24.2 Å². The zero-order valence-corrected chi connectivity index (χ0v) is 23.1. The number of aromatic amines is 1. The van der Waals surface area contributed by atoms with Crippen molar-refractivity contribution >= 4 is 32.0 Å². The third-order valence-corrected chi connectivity index (χ3v) is 9.93. The van der Waals surface area contributed by atoms with Crippen LogP contribution in [0.1, 0.15) is 37.2 Å². The van der Waals surface area contributed by atoms with E-state index in [1.807, 2.05) is 42.9 Å². The number of nitrogens with zero attached hydrogens (tertiary/aromatic N) is 4. The second kappa shape index (κ2) is 11.1. The first kappa shape index (κ1) is 26.0. The van der Waals surface area contributed by atoms with Gasteiger partial charge in [0.2, 0.25) is 10.0 Å². The number of nitrogens with one attached hydrogen (secondary N) is 1. The summed E-state index contributed by atoms with van der Waals surface area (Å²) in [7, 11) is -1.75. The third-order valence-electron chi connectivity index (χ3n) is 8.12. The first-order valence-electron chi connectivity index (χ1n) is 13.7. The smallest absolute Gasteiger partial charge is 0.227 e. The Labute approximate surface area is 229 Å². The van der Waals surface area contributed by atoms with Crippen LogP contribution in [0.5, 0.6) is 11.5 Å². The van der Waals surface area contributed by atoms with Crippen LogP contribution in [0.4, 0.5) is 0 Å². The van der Waals surface area contributed by atoms with Gasteiger partial charge in [-0.1, -0.05) is 0 Å². The minimum atomic E-state index is -3.38. The highest BCUT2D eigenvalue weighted by atomic mass is 32.2. The van der Waals surface area contributed by atoms with Crippen LogP contribution in [0.2, 0.25) is 0 Å². The lowest BCUT2D eigenvalue weighted by molar-refractivity contribution is 0.176. The van der Waals surface area contributed by atoms with Crippen molar-refractivity contribution in [2.45, 2.75) is 31.6 Å². The number of likely N-dealkylation sites (tertiary alicyclic amines) is 1. The first-order valence-corrected chi connectivity index (χ1v) is 15.3. The van der Waals surface area contributed by atoms with E-state index in [4.69, 9.17) is 9.47 Å². The topological polar surface area (TPSA) is 101 Å². The van der Waals surface area contributed by atoms with Gasteiger partial charge in [0, 0.05) is 42.2 Å². The molecule has 4 aromatic rings. The number of H-pyrrole nitrogens is 1. The molecule has 2 aliphatic rings. The molecule has 1 unspecified atom stereocenters. The molecule has 3 aromatic heterocycles. The van der Waals surface area contributed by atoms with Gasteiger partial charge in [-0.15, -0.1) is 0 Å². The van der Waals surface area contributed by atoms with Crippen molar-refractivity contribution < 1.29 is 17.9 Å². The number of fused-ring (bicyclic) bond motifs is 3. The molecule has 0 radical (unpaired) electrons. The molecule has 1 atom stereocenters. The molecule has 0 aliphatic carbocycles. The van der Waals surface area contributed by atoms with Gasteiger partial charge in [0.15, 0.2) is 0 Å². The minimum Gasteiger partial charge on any atom is -0.497 e. The molecular weight excluding hydrogens is 514 g/mol. The Morgan fingerprint density at radius 3 is 2.59 bits per heavy atom. The van der Waals surface area contributed by atoms with E-state index >= 15 is 0 Å². The number of sulfonamides is 1. The fraction of sp³-hybridized carbons (Fsp3) is 0.448. The molecule has 1 N–H and O–H groups in total. The van der Waals surface area contributed by atoms with Crippen molar-refractivity contribution in [1.29, 1.82) is 0 Å². The van der Waals surface area contributed by atoms with E-state index in [0.717, 1.165) is 72.2 Å². The average Bonchev–Trinajstić information content (AvgIpc) is 3.46. The number of benzene rings is 1. The Kier molecular flexibility index (Phi) is 7.42. The van der Waals surface area contributed by atoms with Gasteiger partial charge in [-0.25, -0.2) is 17.7 Å². The SMILES string of the molecule is COc1ccc(OCC2CCCN(S(=O)(=O)CN3CCC(c4ccnc5cnc6[nH]ccc6c45)CC3)C2)cc1. The molecule has 0 amide bonds. The highest BCUT2D eigenvalue weighted by Crippen LogP contribution is 2.35. The molecule has 10 heteroatoms. The largest absolute Gasteiger partial charge is 0.497 e. The number of aromatic nitrogens is 3. The van der Waals surface area contributed by atoms with Gasteiger partial charge in [0.1, 0.15) is 23.0 Å². The van der Waals surface area contributed by atoms with E-state index in [0.29, 0.717) is 25.6 Å². The van der Waals surface area contributed by atoms with Gasteiger partial charge in [0.25, 0.3) is 0 Å². The van der Waals surface area contributed by atoms with Crippen molar-refractivity contribution in [2.24, 2.45) is 5.92 Å². The summed E-state index contributed by atoms with van der Waals surface area (Å²) in [5.74, 6) is 2.18. The Balaban J connectivity index is 1.05. The molecule has 0 saturated carbocycles. The summed E-state index contributed by atoms with van der Waals surface area (Å²) in [5, 5.41) is 2.25. The van der Waals surface area contributed by atoms with Crippen LogP contribution in [-0.4, -0.2) is 78.3 Å². The highest BCUT2D eigenvalue weighted by molar-refractivity contribution is 7.89. The maximum absolute atomic E-state index is 13.4. The van der Waals surface area contributed by atoms with Crippen molar-refractivity contribution in [3.63, 3.8) is 0 Å². The van der Waals surface area contributed by atoms with E-state index in [1.165, 1.54) is 5.56 Å². The van der Waals surface area contributed by atoms with Gasteiger partial charge >= 0.3 is 0 Å². The predicted molar refractivity (Wildman–Crippen MR) is 152 cm³/mol. The lowest BCUT2D eigenvalue weighted by atomic mass is 9.87. The second-order valence-corrected chi connectivity index (χ2v) is 12.6. The van der Waals surface area contributed by atoms with Crippen LogP contribution in [0, 0.1) is 5.92 Å². The zero-order valence-electron chi connectivity index (χ0n) is 22.3. The van der Waals surface area contributed by atoms with Crippen LogP contribution in [0.25, 0.3) is 21.9 Å². The monoisotopic (exact) mass is 549 g/mol. The summed E-state index contributed by atoms with van der Waals surface area (Å²) >= 11 is 0. The lowest BCUT2D eigenvalue weighted by Crippen LogP contribution is -2.47. The van der Waals surface area contributed by atoms with Crippen LogP contribution in [0.3, 0.4) is 0 Å². The summed E-state index contributed by atoms with van der Waals surface area (Å²) in [5.41, 5.74) is 3.06. The molecule has 5 heterocycles. The summed E-state index contributed by atoms with van der Waals surface area (Å²) in [6, 6.07) is 11.7. The van der Waals surface area contributed by atoms with Crippen molar-refractivity contribution in [3.05, 3.63) is 60.6 Å². The van der Waals surface area contributed by atoms with Gasteiger partial charge in [0.05, 0.1) is 25.4 Å². The van der Waals surface area contributed by atoms with Crippen molar-refractivity contribution in [3.8, 4) is 11.5 Å². The number of pyridine rings is 2. The Hall–Kier alpha value is -3.21. The molecule has 2 saturated heterocycles. The third kappa shape index (κ3) is 5.59. The van der Waals surface area contributed by atoms with E-state index in [1.54, 1.807) is 11.4 Å². The number of piperidine rings is 2. The van der Waals surface area contributed by atoms with E-state index in [2.05, 4.69) is 32.0 Å². The van der Waals surface area contributed by atoms with Crippen molar-refractivity contribution in [2.75, 3.05) is 45.8 Å². The molecule has 1 aromatic carbocycles. The minimum absolute atomic E-state index is 0.0782. The van der Waals surface area contributed by atoms with Gasteiger partial charge in [-0.05, 0) is 86.7 Å². The molecule has 2 fully saturated rings. The van der Waals surface area contributed by atoms with E-state index < -0.39 is 10.0 Å². The molecular formula is C29H35N5O4S. The standard InChI is InChI=1S/C29H35N5O4S/c1-37-23-4-6-24(7-5-23)38-19-21-3-2-14-34(18-21)39(35,36)20-33-15-10-22(11-16-33)25-8-12-30-27-17-32-29-26(28(25)27)9-13-31-29/h4-9,12-13,17,21-22H,2-3,10-11,14-16,18-20H2,1H3,(H,31,32). The maximum Gasteiger partial charge on any atom is 0.227 e. The zero-order chi connectivity index (χ0) is 26.8. The van der Waals surface area contributed by atoms with Crippen LogP contribution in [-0.2, 0) is 10.0 Å². The molecule has 0 bridgehead atoms. The van der Waals surface area contributed by atoms with Crippen LogP contribution < -0.4 is 9.47 Å². The first-order chi connectivity index (χ1) is 19.0. The number of hydrogen-bond donors (Lipinski definition) is 1. The van der Waals surface area contributed by atoms with Crippen LogP contribution in [0.15, 0.2) is 55.0 Å². The summed E-state index contributed by atoms with van der Waals surface area (Å²) in [6.07, 6.45) is 9.26. The van der Waals surface area contributed by atoms with Gasteiger partial charge < -0.3 is 14.5 Å². The fourth-order valence-electron chi connectivity index (χ4n) is 6.01. The molecule has 0 spiro atoms.